The van der Waals surface area contributed by atoms with Gasteiger partial charge in [-0.3, -0.25) is 14.5 Å². The Kier molecular flexibility index (Phi) is 6.27. The molecule has 4 rings (SSSR count). The monoisotopic (exact) mass is 464 g/mol. The Labute approximate surface area is 196 Å². The molecule has 1 aliphatic heterocycles. The zero-order valence-electron chi connectivity index (χ0n) is 19.2. The molecule has 1 amide bonds. The third kappa shape index (κ3) is 3.85. The molecule has 3 aromatic rings. The van der Waals surface area contributed by atoms with E-state index in [1.165, 1.54) is 19.1 Å². The predicted molar refractivity (Wildman–Crippen MR) is 123 cm³/mol. The predicted octanol–water partition coefficient (Wildman–Crippen LogP) is 4.03. The van der Waals surface area contributed by atoms with E-state index < -0.39 is 17.7 Å². The van der Waals surface area contributed by atoms with Gasteiger partial charge in [0.1, 0.15) is 23.3 Å². The molecule has 9 heteroatoms. The average molecular weight is 464 g/mol. The van der Waals surface area contributed by atoms with E-state index in [1.807, 2.05) is 6.92 Å². The van der Waals surface area contributed by atoms with Gasteiger partial charge >= 0.3 is 5.91 Å². The minimum Gasteiger partial charge on any atom is -0.507 e. The second-order valence-corrected chi connectivity index (χ2v) is 7.50. The quantitative estimate of drug-likeness (QED) is 0.317. The maximum absolute atomic E-state index is 13.3. The maximum atomic E-state index is 13.3. The molecule has 0 spiro atoms. The summed E-state index contributed by atoms with van der Waals surface area (Å²) < 4.78 is 21.6. The first-order chi connectivity index (χ1) is 16.4. The molecule has 1 saturated heterocycles. The van der Waals surface area contributed by atoms with Gasteiger partial charge in [-0.15, -0.1) is 0 Å². The summed E-state index contributed by atoms with van der Waals surface area (Å²) in [5, 5.41) is 15.2. The topological polar surface area (TPSA) is 111 Å². The third-order valence-corrected chi connectivity index (χ3v) is 5.47. The van der Waals surface area contributed by atoms with E-state index in [9.17, 15) is 14.7 Å². The van der Waals surface area contributed by atoms with Crippen molar-refractivity contribution in [3.05, 3.63) is 71.0 Å². The van der Waals surface area contributed by atoms with Crippen molar-refractivity contribution in [3.8, 4) is 17.2 Å². The number of ether oxygens (including phenoxy) is 3. The molecule has 1 aromatic heterocycles. The Hall–Kier alpha value is -4.27. The first-order valence-corrected chi connectivity index (χ1v) is 10.6. The summed E-state index contributed by atoms with van der Waals surface area (Å²) >= 11 is 0. The van der Waals surface area contributed by atoms with Gasteiger partial charge in [-0.2, -0.15) is 0 Å². The number of amides is 1. The largest absolute Gasteiger partial charge is 0.507 e. The zero-order chi connectivity index (χ0) is 24.4. The lowest BCUT2D eigenvalue weighted by molar-refractivity contribution is -0.132. The number of carbonyl (C=O) groups is 2. The number of carbonyl (C=O) groups excluding carboxylic acids is 2. The number of methoxy groups -OCH3 is 2. The van der Waals surface area contributed by atoms with Crippen LogP contribution in [0.15, 0.2) is 58.6 Å². The number of hydrogen-bond donors (Lipinski definition) is 1. The average Bonchev–Trinajstić information content (AvgIpc) is 3.39. The SMILES string of the molecule is CCOc1ccc(/C(O)=C2/C(=O)C(=O)N(c3cc(C)on3)C2c2cccc(OC)c2OC)cc1. The molecule has 176 valence electrons. The Morgan fingerprint density at radius 3 is 2.44 bits per heavy atom. The maximum Gasteiger partial charge on any atom is 0.301 e. The van der Waals surface area contributed by atoms with Gasteiger partial charge in [0.15, 0.2) is 17.3 Å². The van der Waals surface area contributed by atoms with E-state index in [4.69, 9.17) is 18.7 Å². The highest BCUT2D eigenvalue weighted by Gasteiger charge is 2.49. The number of hydrogen-bond acceptors (Lipinski definition) is 8. The van der Waals surface area contributed by atoms with Crippen molar-refractivity contribution >= 4 is 23.3 Å². The van der Waals surface area contributed by atoms with Crippen molar-refractivity contribution in [1.29, 1.82) is 0 Å². The van der Waals surface area contributed by atoms with Crippen LogP contribution in [0.4, 0.5) is 5.82 Å². The van der Waals surface area contributed by atoms with Crippen molar-refractivity contribution in [3.63, 3.8) is 0 Å². The lowest BCUT2D eigenvalue weighted by atomic mass is 9.94. The number of aliphatic hydroxyl groups is 1. The Morgan fingerprint density at radius 1 is 1.12 bits per heavy atom. The van der Waals surface area contributed by atoms with E-state index >= 15 is 0 Å². The van der Waals surface area contributed by atoms with E-state index in [0.29, 0.717) is 40.7 Å². The van der Waals surface area contributed by atoms with Crippen LogP contribution in [0.25, 0.3) is 5.76 Å². The van der Waals surface area contributed by atoms with Crippen LogP contribution in [0.5, 0.6) is 17.2 Å². The van der Waals surface area contributed by atoms with Crippen LogP contribution in [0.2, 0.25) is 0 Å². The van der Waals surface area contributed by atoms with Crippen molar-refractivity contribution in [2.75, 3.05) is 25.7 Å². The van der Waals surface area contributed by atoms with E-state index in [0.717, 1.165) is 0 Å². The third-order valence-electron chi connectivity index (χ3n) is 5.47. The van der Waals surface area contributed by atoms with E-state index in [-0.39, 0.29) is 17.2 Å². The molecule has 0 bridgehead atoms. The van der Waals surface area contributed by atoms with Crippen LogP contribution < -0.4 is 19.1 Å². The van der Waals surface area contributed by atoms with E-state index in [1.54, 1.807) is 55.5 Å². The summed E-state index contributed by atoms with van der Waals surface area (Å²) in [5.41, 5.74) is 0.681. The molecule has 0 radical (unpaired) electrons. The van der Waals surface area contributed by atoms with Gasteiger partial charge in [0.2, 0.25) is 0 Å². The van der Waals surface area contributed by atoms with Crippen LogP contribution >= 0.6 is 0 Å². The van der Waals surface area contributed by atoms with Gasteiger partial charge in [0.25, 0.3) is 5.78 Å². The smallest absolute Gasteiger partial charge is 0.301 e. The number of aromatic nitrogens is 1. The van der Waals surface area contributed by atoms with Crippen LogP contribution in [0, 0.1) is 6.92 Å². The first-order valence-electron chi connectivity index (χ1n) is 10.6. The van der Waals surface area contributed by atoms with Crippen LogP contribution in [0.1, 0.15) is 29.9 Å². The Balaban J connectivity index is 1.95. The fourth-order valence-corrected chi connectivity index (χ4v) is 3.99. The molecule has 2 heterocycles. The summed E-state index contributed by atoms with van der Waals surface area (Å²) in [4.78, 5) is 27.6. The number of Topliss-reactive ketones (excluding diaryl/α,β-unsaturated/α-hetero) is 1. The number of ketones is 1. The lowest BCUT2D eigenvalue weighted by Crippen LogP contribution is -2.30. The molecular weight excluding hydrogens is 440 g/mol. The zero-order valence-corrected chi connectivity index (χ0v) is 19.2. The molecule has 1 fully saturated rings. The number of anilines is 1. The standard InChI is InChI=1S/C25H24N2O7/c1-5-33-16-11-9-15(10-12-16)22(28)20-21(17-7-6-8-18(31-3)24(17)32-4)27(25(30)23(20)29)19-13-14(2)34-26-19/h6-13,21,28H,5H2,1-4H3/b22-20-. The highest BCUT2D eigenvalue weighted by Crippen LogP contribution is 2.47. The summed E-state index contributed by atoms with van der Waals surface area (Å²) in [5.74, 6) is -0.108. The number of para-hydroxylation sites is 1. The van der Waals surface area contributed by atoms with Crippen molar-refractivity contribution < 1.29 is 33.4 Å². The van der Waals surface area contributed by atoms with E-state index in [2.05, 4.69) is 5.16 Å². The summed E-state index contributed by atoms with van der Waals surface area (Å²) in [6.45, 7) is 4.03. The number of rotatable bonds is 7. The molecule has 9 nitrogen and oxygen atoms in total. The molecule has 1 aliphatic rings. The number of aliphatic hydroxyl groups excluding tert-OH is 1. The van der Waals surface area contributed by atoms with Gasteiger partial charge in [-0.25, -0.2) is 0 Å². The Bertz CT molecular complexity index is 1260. The fourth-order valence-electron chi connectivity index (χ4n) is 3.99. The fraction of sp³-hybridized carbons (Fsp3) is 0.240. The molecule has 1 N–H and O–H groups in total. The van der Waals surface area contributed by atoms with Crippen molar-refractivity contribution in [2.24, 2.45) is 0 Å². The molecular formula is C25H24N2O7. The molecule has 1 unspecified atom stereocenters. The van der Waals surface area contributed by atoms with Gasteiger partial charge in [-0.05, 0) is 44.2 Å². The second-order valence-electron chi connectivity index (χ2n) is 7.50. The van der Waals surface area contributed by atoms with Gasteiger partial charge in [0, 0.05) is 17.2 Å². The lowest BCUT2D eigenvalue weighted by Gasteiger charge is -2.25. The van der Waals surface area contributed by atoms with Gasteiger partial charge < -0.3 is 23.8 Å². The summed E-state index contributed by atoms with van der Waals surface area (Å²) in [6.07, 6.45) is 0. The summed E-state index contributed by atoms with van der Waals surface area (Å²) in [6, 6.07) is 12.2. The normalized spacial score (nSPS) is 17.2. The molecule has 0 aliphatic carbocycles. The summed E-state index contributed by atoms with van der Waals surface area (Å²) in [7, 11) is 2.94. The highest BCUT2D eigenvalue weighted by molar-refractivity contribution is 6.51. The first kappa shape index (κ1) is 22.9. The molecule has 2 aromatic carbocycles. The molecule has 0 saturated carbocycles. The second kappa shape index (κ2) is 9.30. The minimum absolute atomic E-state index is 0.110. The molecule has 1 atom stereocenters. The van der Waals surface area contributed by atoms with Gasteiger partial charge in [0.05, 0.1) is 26.4 Å². The minimum atomic E-state index is -1.04. The van der Waals surface area contributed by atoms with Gasteiger partial charge in [-0.1, -0.05) is 17.3 Å². The number of nitrogens with zero attached hydrogens (tertiary/aromatic N) is 2. The van der Waals surface area contributed by atoms with Crippen LogP contribution in [-0.2, 0) is 9.59 Å². The Morgan fingerprint density at radius 2 is 1.85 bits per heavy atom. The molecule has 34 heavy (non-hydrogen) atoms. The number of aryl methyl sites for hydroxylation is 1. The number of benzene rings is 2. The highest BCUT2D eigenvalue weighted by atomic mass is 16.5. The van der Waals surface area contributed by atoms with Crippen molar-refractivity contribution in [2.45, 2.75) is 19.9 Å². The van der Waals surface area contributed by atoms with Crippen LogP contribution in [0.3, 0.4) is 0 Å². The van der Waals surface area contributed by atoms with Crippen molar-refractivity contribution in [1.82, 2.24) is 5.16 Å². The van der Waals surface area contributed by atoms with Crippen LogP contribution in [-0.4, -0.2) is 42.8 Å².